The lowest BCUT2D eigenvalue weighted by Crippen LogP contribution is -2.15. The summed E-state index contributed by atoms with van der Waals surface area (Å²) in [7, 11) is 0. The average Bonchev–Trinajstić information content (AvgIpc) is 2.35. The average molecular weight is 237 g/mol. The fraction of sp³-hybridized carbons (Fsp3) is 0.273. The van der Waals surface area contributed by atoms with E-state index in [2.05, 4.69) is 0 Å². The summed E-state index contributed by atoms with van der Waals surface area (Å²) < 4.78 is 4.88. The molecule has 0 aliphatic carbocycles. The molecule has 0 saturated heterocycles. The maximum Gasteiger partial charge on any atom is 0.341 e. The first-order chi connectivity index (χ1) is 8.04. The standard InChI is InChI=1S/C11H11NO5/c12-5-9(13)11(16)7-1-3-8(4-2-7)17-6-10(14)15/h1-4,9,11,13,16H,6H2,(H,14,15). The van der Waals surface area contributed by atoms with Gasteiger partial charge in [-0.25, -0.2) is 4.79 Å². The van der Waals surface area contributed by atoms with Gasteiger partial charge in [-0.2, -0.15) is 5.26 Å². The van der Waals surface area contributed by atoms with E-state index >= 15 is 0 Å². The van der Waals surface area contributed by atoms with Crippen LogP contribution < -0.4 is 4.74 Å². The third-order valence-corrected chi connectivity index (χ3v) is 2.02. The van der Waals surface area contributed by atoms with Gasteiger partial charge in [0.1, 0.15) is 11.9 Å². The maximum atomic E-state index is 10.2. The second-order valence-electron chi connectivity index (χ2n) is 3.27. The van der Waals surface area contributed by atoms with Crippen LogP contribution >= 0.6 is 0 Å². The van der Waals surface area contributed by atoms with Crippen molar-refractivity contribution in [3.63, 3.8) is 0 Å². The van der Waals surface area contributed by atoms with E-state index in [9.17, 15) is 9.90 Å². The number of rotatable bonds is 5. The van der Waals surface area contributed by atoms with Gasteiger partial charge in [0.2, 0.25) is 0 Å². The van der Waals surface area contributed by atoms with Crippen LogP contribution in [-0.2, 0) is 4.79 Å². The number of aliphatic hydroxyl groups is 2. The molecule has 2 atom stereocenters. The zero-order valence-corrected chi connectivity index (χ0v) is 8.78. The van der Waals surface area contributed by atoms with Crippen molar-refractivity contribution in [2.75, 3.05) is 6.61 Å². The number of nitriles is 1. The Hall–Kier alpha value is -2.10. The number of hydrogen-bond acceptors (Lipinski definition) is 5. The number of nitrogens with zero attached hydrogens (tertiary/aromatic N) is 1. The van der Waals surface area contributed by atoms with Gasteiger partial charge in [0.05, 0.1) is 6.07 Å². The van der Waals surface area contributed by atoms with Crippen molar-refractivity contribution >= 4 is 5.97 Å². The zero-order chi connectivity index (χ0) is 12.8. The first-order valence-corrected chi connectivity index (χ1v) is 4.75. The van der Waals surface area contributed by atoms with Gasteiger partial charge >= 0.3 is 5.97 Å². The minimum absolute atomic E-state index is 0.329. The third-order valence-electron chi connectivity index (χ3n) is 2.02. The first-order valence-electron chi connectivity index (χ1n) is 4.75. The van der Waals surface area contributed by atoms with Crippen LogP contribution in [-0.4, -0.2) is 34.0 Å². The molecule has 0 fully saturated rings. The molecule has 1 rings (SSSR count). The molecule has 0 spiro atoms. The number of hydrogen-bond donors (Lipinski definition) is 3. The number of ether oxygens (including phenoxy) is 1. The molecule has 0 bridgehead atoms. The van der Waals surface area contributed by atoms with Crippen LogP contribution in [0.2, 0.25) is 0 Å². The summed E-state index contributed by atoms with van der Waals surface area (Å²) in [5.41, 5.74) is 0.349. The number of carboxylic acids is 1. The van der Waals surface area contributed by atoms with Crippen LogP contribution in [0.25, 0.3) is 0 Å². The van der Waals surface area contributed by atoms with Gasteiger partial charge < -0.3 is 20.1 Å². The summed E-state index contributed by atoms with van der Waals surface area (Å²) in [4.78, 5) is 10.2. The molecule has 2 unspecified atom stereocenters. The van der Waals surface area contributed by atoms with Crippen LogP contribution in [0, 0.1) is 11.3 Å². The molecule has 0 saturated carbocycles. The lowest BCUT2D eigenvalue weighted by atomic mass is 10.1. The van der Waals surface area contributed by atoms with E-state index in [4.69, 9.17) is 20.2 Å². The summed E-state index contributed by atoms with van der Waals surface area (Å²) in [5, 5.41) is 35.4. The molecule has 0 heterocycles. The Morgan fingerprint density at radius 2 is 1.94 bits per heavy atom. The minimum atomic E-state index is -1.50. The van der Waals surface area contributed by atoms with Gasteiger partial charge in [-0.3, -0.25) is 0 Å². The summed E-state index contributed by atoms with van der Waals surface area (Å²) in [5.74, 6) is -0.760. The Labute approximate surface area is 97.3 Å². The number of carbonyl (C=O) groups is 1. The van der Waals surface area contributed by atoms with Crippen LogP contribution in [0.1, 0.15) is 11.7 Å². The van der Waals surface area contributed by atoms with E-state index in [0.717, 1.165) is 0 Å². The fourth-order valence-electron chi connectivity index (χ4n) is 1.16. The van der Waals surface area contributed by atoms with Crippen molar-refractivity contribution in [2.24, 2.45) is 0 Å². The van der Waals surface area contributed by atoms with E-state index in [1.807, 2.05) is 0 Å². The summed E-state index contributed by atoms with van der Waals surface area (Å²) in [6, 6.07) is 7.31. The maximum absolute atomic E-state index is 10.2. The van der Waals surface area contributed by atoms with Gasteiger partial charge in [-0.1, -0.05) is 12.1 Å². The van der Waals surface area contributed by atoms with Crippen LogP contribution in [0.5, 0.6) is 5.75 Å². The molecule has 0 aliphatic rings. The van der Waals surface area contributed by atoms with Gasteiger partial charge in [0, 0.05) is 0 Å². The van der Waals surface area contributed by atoms with Crippen LogP contribution in [0.3, 0.4) is 0 Å². The molecule has 1 aromatic carbocycles. The first kappa shape index (κ1) is 13.0. The number of carboxylic acid groups (broad SMARTS) is 1. The Kier molecular flexibility index (Phi) is 4.46. The summed E-state index contributed by atoms with van der Waals surface area (Å²) in [6.45, 7) is -0.456. The molecule has 17 heavy (non-hydrogen) atoms. The number of aliphatic hydroxyl groups excluding tert-OH is 2. The number of benzene rings is 1. The quantitative estimate of drug-likeness (QED) is 0.625. The monoisotopic (exact) mass is 237 g/mol. The van der Waals surface area contributed by atoms with Crippen LogP contribution in [0.4, 0.5) is 0 Å². The Bertz CT molecular complexity index is 422. The zero-order valence-electron chi connectivity index (χ0n) is 8.78. The Morgan fingerprint density at radius 3 is 2.41 bits per heavy atom. The molecule has 0 radical (unpaired) electrons. The normalized spacial score (nSPS) is 13.5. The molecular formula is C11H11NO5. The van der Waals surface area contributed by atoms with Crippen molar-refractivity contribution < 1.29 is 24.9 Å². The summed E-state index contributed by atoms with van der Waals surface area (Å²) >= 11 is 0. The second-order valence-corrected chi connectivity index (χ2v) is 3.27. The highest BCUT2D eigenvalue weighted by molar-refractivity contribution is 5.68. The second kappa shape index (κ2) is 5.84. The molecule has 0 aliphatic heterocycles. The molecular weight excluding hydrogens is 226 g/mol. The van der Waals surface area contributed by atoms with Crippen molar-refractivity contribution in [2.45, 2.75) is 12.2 Å². The smallest absolute Gasteiger partial charge is 0.341 e. The molecule has 0 amide bonds. The SMILES string of the molecule is N#CC(O)C(O)c1ccc(OCC(=O)O)cc1. The molecule has 0 aromatic heterocycles. The van der Waals surface area contributed by atoms with Crippen LogP contribution in [0.15, 0.2) is 24.3 Å². The Balaban J connectivity index is 2.68. The molecule has 90 valence electrons. The molecule has 3 N–H and O–H groups in total. The summed E-state index contributed by atoms with van der Waals surface area (Å²) in [6.07, 6.45) is -2.80. The van der Waals surface area contributed by atoms with Gasteiger partial charge in [0.15, 0.2) is 12.7 Å². The topological polar surface area (TPSA) is 111 Å². The van der Waals surface area contributed by atoms with E-state index in [-0.39, 0.29) is 0 Å². The lowest BCUT2D eigenvalue weighted by Gasteiger charge is -2.12. The Morgan fingerprint density at radius 1 is 1.35 bits per heavy atom. The van der Waals surface area contributed by atoms with Gasteiger partial charge in [-0.15, -0.1) is 0 Å². The third kappa shape index (κ3) is 3.75. The van der Waals surface area contributed by atoms with E-state index in [1.54, 1.807) is 0 Å². The van der Waals surface area contributed by atoms with Crippen molar-refractivity contribution in [1.29, 1.82) is 5.26 Å². The molecule has 1 aromatic rings. The van der Waals surface area contributed by atoms with Gasteiger partial charge in [0.25, 0.3) is 0 Å². The minimum Gasteiger partial charge on any atom is -0.482 e. The molecule has 6 heteroatoms. The highest BCUT2D eigenvalue weighted by Crippen LogP contribution is 2.20. The fourth-order valence-corrected chi connectivity index (χ4v) is 1.16. The van der Waals surface area contributed by atoms with Crippen molar-refractivity contribution in [3.05, 3.63) is 29.8 Å². The van der Waals surface area contributed by atoms with E-state index in [0.29, 0.717) is 11.3 Å². The lowest BCUT2D eigenvalue weighted by molar-refractivity contribution is -0.139. The largest absolute Gasteiger partial charge is 0.482 e. The molecule has 6 nitrogen and oxygen atoms in total. The predicted molar refractivity (Wildman–Crippen MR) is 56.2 cm³/mol. The van der Waals surface area contributed by atoms with E-state index < -0.39 is 24.8 Å². The highest BCUT2D eigenvalue weighted by atomic mass is 16.5. The van der Waals surface area contributed by atoms with E-state index in [1.165, 1.54) is 30.3 Å². The predicted octanol–water partition coefficient (Wildman–Crippen LogP) is 0.0679. The van der Waals surface area contributed by atoms with Crippen molar-refractivity contribution in [3.8, 4) is 11.8 Å². The highest BCUT2D eigenvalue weighted by Gasteiger charge is 2.17. The van der Waals surface area contributed by atoms with Gasteiger partial charge in [-0.05, 0) is 17.7 Å². The number of aliphatic carboxylic acids is 1. The van der Waals surface area contributed by atoms with Crippen molar-refractivity contribution in [1.82, 2.24) is 0 Å².